The molecule has 104 valence electrons. The molecule has 0 saturated carbocycles. The molecule has 1 aromatic carbocycles. The van der Waals surface area contributed by atoms with Crippen molar-refractivity contribution in [2.75, 3.05) is 6.54 Å². The molecule has 5 heteroatoms. The Balaban J connectivity index is 1.75. The van der Waals surface area contributed by atoms with Gasteiger partial charge in [-0.1, -0.05) is 18.2 Å². The van der Waals surface area contributed by atoms with Gasteiger partial charge in [-0.2, -0.15) is 0 Å². The molecule has 1 heterocycles. The topological polar surface area (TPSA) is 68.1 Å². The van der Waals surface area contributed by atoms with Crippen molar-refractivity contribution in [2.45, 2.75) is 19.9 Å². The van der Waals surface area contributed by atoms with Crippen molar-refractivity contribution in [3.8, 4) is 0 Å². The fourth-order valence-electron chi connectivity index (χ4n) is 1.85. The highest BCUT2D eigenvalue weighted by Crippen LogP contribution is 2.11. The molecule has 0 aliphatic rings. The third-order valence-corrected chi connectivity index (χ3v) is 3.04. The maximum atomic E-state index is 10.5. The molecule has 2 aromatic rings. The number of nitrogens with one attached hydrogen (secondary N) is 1. The zero-order valence-corrected chi connectivity index (χ0v) is 11.4. The monoisotopic (exact) mass is 271 g/mol. The lowest BCUT2D eigenvalue weighted by Gasteiger charge is -2.05. The summed E-state index contributed by atoms with van der Waals surface area (Å²) in [4.78, 5) is 14.4. The smallest absolute Gasteiger partial charge is 0.269 e. The highest BCUT2D eigenvalue weighted by atomic mass is 16.6. The van der Waals surface area contributed by atoms with E-state index >= 15 is 0 Å². The Morgan fingerprint density at radius 1 is 1.15 bits per heavy atom. The molecule has 0 radical (unpaired) electrons. The van der Waals surface area contributed by atoms with Gasteiger partial charge in [0.25, 0.3) is 5.69 Å². The quantitative estimate of drug-likeness (QED) is 0.498. The number of hydrogen-bond donors (Lipinski definition) is 1. The van der Waals surface area contributed by atoms with Gasteiger partial charge in [0.15, 0.2) is 0 Å². The van der Waals surface area contributed by atoms with Crippen molar-refractivity contribution in [1.82, 2.24) is 10.3 Å². The summed E-state index contributed by atoms with van der Waals surface area (Å²) in [6.45, 7) is 3.57. The summed E-state index contributed by atoms with van der Waals surface area (Å²) < 4.78 is 0. The second-order valence-electron chi connectivity index (χ2n) is 4.66. The molecule has 20 heavy (non-hydrogen) atoms. The number of aromatic nitrogens is 1. The summed E-state index contributed by atoms with van der Waals surface area (Å²) in [5, 5.41) is 13.9. The van der Waals surface area contributed by atoms with Gasteiger partial charge in [0.2, 0.25) is 0 Å². The van der Waals surface area contributed by atoms with E-state index in [9.17, 15) is 10.1 Å². The van der Waals surface area contributed by atoms with Crippen molar-refractivity contribution in [2.24, 2.45) is 0 Å². The predicted octanol–water partition coefficient (Wildman–Crippen LogP) is 2.63. The van der Waals surface area contributed by atoms with Gasteiger partial charge >= 0.3 is 0 Å². The van der Waals surface area contributed by atoms with Gasteiger partial charge in [0.1, 0.15) is 0 Å². The van der Waals surface area contributed by atoms with Crippen molar-refractivity contribution < 1.29 is 4.92 Å². The first kappa shape index (κ1) is 14.1. The molecule has 2 rings (SSSR count). The van der Waals surface area contributed by atoms with Crippen LogP contribution < -0.4 is 5.32 Å². The maximum Gasteiger partial charge on any atom is 0.269 e. The standard InChI is InChI=1S/C15H17N3O2/c1-12-2-3-14(11-17-12)10-16-9-8-13-4-6-15(7-5-13)18(19)20/h2-7,11,16H,8-10H2,1H3. The number of nitrogens with zero attached hydrogens (tertiary/aromatic N) is 2. The van der Waals surface area contributed by atoms with E-state index in [1.54, 1.807) is 24.3 Å². The Kier molecular flexibility index (Phi) is 4.79. The normalized spacial score (nSPS) is 10.4. The number of pyridine rings is 1. The van der Waals surface area contributed by atoms with Gasteiger partial charge in [-0.3, -0.25) is 15.1 Å². The van der Waals surface area contributed by atoms with Gasteiger partial charge in [0, 0.05) is 30.6 Å². The Hall–Kier alpha value is -2.27. The third-order valence-electron chi connectivity index (χ3n) is 3.04. The average Bonchev–Trinajstić information content (AvgIpc) is 2.46. The molecule has 0 atom stereocenters. The lowest BCUT2D eigenvalue weighted by molar-refractivity contribution is -0.384. The van der Waals surface area contributed by atoms with Crippen LogP contribution in [-0.2, 0) is 13.0 Å². The first-order valence-electron chi connectivity index (χ1n) is 6.51. The number of aryl methyl sites for hydroxylation is 1. The van der Waals surface area contributed by atoms with Crippen LogP contribution in [0.2, 0.25) is 0 Å². The highest BCUT2D eigenvalue weighted by Gasteiger charge is 2.03. The molecule has 0 unspecified atom stereocenters. The van der Waals surface area contributed by atoms with Crippen LogP contribution in [0.15, 0.2) is 42.6 Å². The Labute approximate surface area is 117 Å². The van der Waals surface area contributed by atoms with E-state index in [0.29, 0.717) is 0 Å². The molecule has 1 N–H and O–H groups in total. The molecule has 5 nitrogen and oxygen atoms in total. The molecule has 0 amide bonds. The Morgan fingerprint density at radius 2 is 1.85 bits per heavy atom. The fraction of sp³-hybridized carbons (Fsp3) is 0.267. The van der Waals surface area contributed by atoms with Crippen molar-refractivity contribution >= 4 is 5.69 Å². The molecule has 0 bridgehead atoms. The summed E-state index contributed by atoms with van der Waals surface area (Å²) in [5.41, 5.74) is 3.39. The van der Waals surface area contributed by atoms with E-state index in [1.807, 2.05) is 19.2 Å². The number of nitro benzene ring substituents is 1. The lowest BCUT2D eigenvalue weighted by Crippen LogP contribution is -2.16. The summed E-state index contributed by atoms with van der Waals surface area (Å²) in [5.74, 6) is 0. The molecular weight excluding hydrogens is 254 g/mol. The third kappa shape index (κ3) is 4.13. The zero-order valence-electron chi connectivity index (χ0n) is 11.4. The maximum absolute atomic E-state index is 10.5. The fourth-order valence-corrected chi connectivity index (χ4v) is 1.85. The van der Waals surface area contributed by atoms with E-state index in [1.165, 1.54) is 0 Å². The van der Waals surface area contributed by atoms with Crippen LogP contribution in [0.4, 0.5) is 5.69 Å². The number of non-ortho nitro benzene ring substituents is 1. The van der Waals surface area contributed by atoms with E-state index in [2.05, 4.69) is 16.4 Å². The minimum Gasteiger partial charge on any atom is -0.312 e. The highest BCUT2D eigenvalue weighted by molar-refractivity contribution is 5.32. The van der Waals surface area contributed by atoms with Crippen LogP contribution in [0.5, 0.6) is 0 Å². The number of nitro groups is 1. The minimum atomic E-state index is -0.383. The van der Waals surface area contributed by atoms with Gasteiger partial charge in [-0.25, -0.2) is 0 Å². The summed E-state index contributed by atoms with van der Waals surface area (Å²) >= 11 is 0. The van der Waals surface area contributed by atoms with Crippen molar-refractivity contribution in [3.05, 3.63) is 69.5 Å². The number of hydrogen-bond acceptors (Lipinski definition) is 4. The lowest BCUT2D eigenvalue weighted by atomic mass is 10.1. The molecular formula is C15H17N3O2. The second kappa shape index (κ2) is 6.77. The van der Waals surface area contributed by atoms with Crippen molar-refractivity contribution in [3.63, 3.8) is 0 Å². The Morgan fingerprint density at radius 3 is 2.45 bits per heavy atom. The molecule has 0 aliphatic heterocycles. The van der Waals surface area contributed by atoms with E-state index in [4.69, 9.17) is 0 Å². The molecule has 0 spiro atoms. The summed E-state index contributed by atoms with van der Waals surface area (Å²) in [7, 11) is 0. The van der Waals surface area contributed by atoms with Crippen LogP contribution in [-0.4, -0.2) is 16.5 Å². The van der Waals surface area contributed by atoms with Crippen LogP contribution in [0.1, 0.15) is 16.8 Å². The van der Waals surface area contributed by atoms with Gasteiger partial charge in [-0.05, 0) is 37.1 Å². The number of benzene rings is 1. The van der Waals surface area contributed by atoms with E-state index in [-0.39, 0.29) is 10.6 Å². The van der Waals surface area contributed by atoms with Crippen LogP contribution in [0, 0.1) is 17.0 Å². The Bertz CT molecular complexity index is 565. The number of rotatable bonds is 6. The zero-order chi connectivity index (χ0) is 14.4. The first-order valence-corrected chi connectivity index (χ1v) is 6.51. The summed E-state index contributed by atoms with van der Waals surface area (Å²) in [6, 6.07) is 10.7. The van der Waals surface area contributed by atoms with Gasteiger partial charge in [-0.15, -0.1) is 0 Å². The molecule has 0 saturated heterocycles. The minimum absolute atomic E-state index is 0.132. The second-order valence-corrected chi connectivity index (χ2v) is 4.66. The SMILES string of the molecule is Cc1ccc(CNCCc2ccc([N+](=O)[O-])cc2)cn1. The molecule has 0 aliphatic carbocycles. The van der Waals surface area contributed by atoms with Crippen LogP contribution in [0.3, 0.4) is 0 Å². The largest absolute Gasteiger partial charge is 0.312 e. The molecule has 1 aromatic heterocycles. The van der Waals surface area contributed by atoms with E-state index < -0.39 is 0 Å². The van der Waals surface area contributed by atoms with Crippen LogP contribution in [0.25, 0.3) is 0 Å². The van der Waals surface area contributed by atoms with E-state index in [0.717, 1.165) is 36.3 Å². The summed E-state index contributed by atoms with van der Waals surface area (Å²) in [6.07, 6.45) is 2.71. The van der Waals surface area contributed by atoms with Crippen LogP contribution >= 0.6 is 0 Å². The molecule has 0 fully saturated rings. The predicted molar refractivity (Wildman–Crippen MR) is 77.5 cm³/mol. The van der Waals surface area contributed by atoms with Gasteiger partial charge < -0.3 is 5.32 Å². The van der Waals surface area contributed by atoms with Gasteiger partial charge in [0.05, 0.1) is 4.92 Å². The average molecular weight is 271 g/mol. The van der Waals surface area contributed by atoms with Crippen molar-refractivity contribution in [1.29, 1.82) is 0 Å². The first-order chi connectivity index (χ1) is 9.65.